The van der Waals surface area contributed by atoms with Gasteiger partial charge in [-0.1, -0.05) is 20.3 Å². The van der Waals surface area contributed by atoms with Gasteiger partial charge in [-0.3, -0.25) is 4.90 Å². The van der Waals surface area contributed by atoms with Crippen LogP contribution in [-0.2, 0) is 0 Å². The third-order valence-electron chi connectivity index (χ3n) is 5.68. The number of hydrogen-bond acceptors (Lipinski definition) is 2. The van der Waals surface area contributed by atoms with Gasteiger partial charge in [0.15, 0.2) is 0 Å². The molecule has 0 aromatic carbocycles. The Labute approximate surface area is 106 Å². The molecule has 98 valence electrons. The monoisotopic (exact) mass is 236 g/mol. The van der Waals surface area contributed by atoms with Crippen LogP contribution >= 0.6 is 0 Å². The summed E-state index contributed by atoms with van der Waals surface area (Å²) in [6, 6.07) is 0.872. The highest BCUT2D eigenvalue weighted by molar-refractivity contribution is 5.11. The van der Waals surface area contributed by atoms with Gasteiger partial charge in [-0.25, -0.2) is 0 Å². The summed E-state index contributed by atoms with van der Waals surface area (Å²) in [6.07, 6.45) is 9.83. The van der Waals surface area contributed by atoms with Gasteiger partial charge in [-0.15, -0.1) is 0 Å². The molecule has 17 heavy (non-hydrogen) atoms. The topological polar surface area (TPSA) is 29.3 Å². The fourth-order valence-corrected chi connectivity index (χ4v) is 4.06. The molecular weight excluding hydrogens is 208 g/mol. The number of nitrogens with two attached hydrogens (primary N) is 1. The Kier molecular flexibility index (Phi) is 2.79. The minimum absolute atomic E-state index is 0.316. The standard InChI is InChI=1S/C15H28N2/c1-14(2)8-3-9-15(14,11-16)17(13-6-7-13)10-12-4-5-12/h12-13H,3-11,16H2,1-2H3. The van der Waals surface area contributed by atoms with E-state index in [1.165, 1.54) is 51.5 Å². The molecule has 3 rings (SSSR count). The summed E-state index contributed by atoms with van der Waals surface area (Å²) < 4.78 is 0. The zero-order chi connectivity index (χ0) is 12.1. The first-order chi connectivity index (χ1) is 8.09. The largest absolute Gasteiger partial charge is 0.329 e. The Balaban J connectivity index is 1.84. The summed E-state index contributed by atoms with van der Waals surface area (Å²) in [6.45, 7) is 7.11. The highest BCUT2D eigenvalue weighted by atomic mass is 15.3. The molecular formula is C15H28N2. The predicted octanol–water partition coefficient (Wildman–Crippen LogP) is 2.77. The van der Waals surface area contributed by atoms with Gasteiger partial charge in [0.1, 0.15) is 0 Å². The molecule has 0 aromatic heterocycles. The van der Waals surface area contributed by atoms with Crippen LogP contribution in [0.5, 0.6) is 0 Å². The van der Waals surface area contributed by atoms with Crippen molar-refractivity contribution in [3.63, 3.8) is 0 Å². The molecule has 0 heterocycles. The maximum Gasteiger partial charge on any atom is 0.0385 e. The van der Waals surface area contributed by atoms with E-state index in [1.54, 1.807) is 0 Å². The number of rotatable bonds is 5. The van der Waals surface area contributed by atoms with Crippen molar-refractivity contribution in [1.82, 2.24) is 4.90 Å². The van der Waals surface area contributed by atoms with E-state index in [4.69, 9.17) is 5.73 Å². The Morgan fingerprint density at radius 2 is 1.82 bits per heavy atom. The first-order valence-corrected chi connectivity index (χ1v) is 7.56. The molecule has 3 fully saturated rings. The molecule has 0 amide bonds. The van der Waals surface area contributed by atoms with Crippen molar-refractivity contribution in [1.29, 1.82) is 0 Å². The van der Waals surface area contributed by atoms with Crippen molar-refractivity contribution in [3.8, 4) is 0 Å². The van der Waals surface area contributed by atoms with Crippen LogP contribution < -0.4 is 5.73 Å². The molecule has 0 radical (unpaired) electrons. The highest BCUT2D eigenvalue weighted by Crippen LogP contribution is 2.53. The Hall–Kier alpha value is -0.0800. The van der Waals surface area contributed by atoms with E-state index in [9.17, 15) is 0 Å². The predicted molar refractivity (Wildman–Crippen MR) is 71.9 cm³/mol. The summed E-state index contributed by atoms with van der Waals surface area (Å²) in [5, 5.41) is 0. The zero-order valence-corrected chi connectivity index (χ0v) is 11.5. The third kappa shape index (κ3) is 1.94. The summed E-state index contributed by atoms with van der Waals surface area (Å²) in [5.74, 6) is 0.996. The van der Waals surface area contributed by atoms with E-state index in [2.05, 4.69) is 18.7 Å². The molecule has 0 aliphatic heterocycles. The van der Waals surface area contributed by atoms with E-state index >= 15 is 0 Å². The smallest absolute Gasteiger partial charge is 0.0385 e. The van der Waals surface area contributed by atoms with Crippen molar-refractivity contribution in [2.45, 2.75) is 70.4 Å². The van der Waals surface area contributed by atoms with Gasteiger partial charge in [0.2, 0.25) is 0 Å². The molecule has 2 heteroatoms. The van der Waals surface area contributed by atoms with E-state index in [-0.39, 0.29) is 0 Å². The van der Waals surface area contributed by atoms with Crippen molar-refractivity contribution >= 4 is 0 Å². The van der Waals surface area contributed by atoms with E-state index in [0.717, 1.165) is 18.5 Å². The van der Waals surface area contributed by atoms with Crippen LogP contribution in [0.15, 0.2) is 0 Å². The van der Waals surface area contributed by atoms with Crippen LogP contribution in [0.25, 0.3) is 0 Å². The molecule has 0 aromatic rings. The van der Waals surface area contributed by atoms with Crippen LogP contribution in [0.3, 0.4) is 0 Å². The van der Waals surface area contributed by atoms with Crippen molar-refractivity contribution < 1.29 is 0 Å². The summed E-state index contributed by atoms with van der Waals surface area (Å²) in [5.41, 5.74) is 7.00. The lowest BCUT2D eigenvalue weighted by molar-refractivity contribution is 0.00229. The quantitative estimate of drug-likeness (QED) is 0.795. The second-order valence-corrected chi connectivity index (χ2v) is 7.30. The molecule has 3 aliphatic rings. The molecule has 0 saturated heterocycles. The second kappa shape index (κ2) is 3.96. The van der Waals surface area contributed by atoms with Crippen molar-refractivity contribution in [2.24, 2.45) is 17.1 Å². The lowest BCUT2D eigenvalue weighted by Gasteiger charge is -2.50. The number of hydrogen-bond donors (Lipinski definition) is 1. The average molecular weight is 236 g/mol. The first kappa shape index (κ1) is 12.0. The number of nitrogens with zero attached hydrogens (tertiary/aromatic N) is 1. The fourth-order valence-electron chi connectivity index (χ4n) is 4.06. The minimum Gasteiger partial charge on any atom is -0.329 e. The summed E-state index contributed by atoms with van der Waals surface area (Å²) >= 11 is 0. The lowest BCUT2D eigenvalue weighted by atomic mass is 9.73. The van der Waals surface area contributed by atoms with Gasteiger partial charge >= 0.3 is 0 Å². The van der Waals surface area contributed by atoms with Crippen LogP contribution in [0.1, 0.15) is 58.8 Å². The summed E-state index contributed by atoms with van der Waals surface area (Å²) in [4.78, 5) is 2.86. The molecule has 0 bridgehead atoms. The highest BCUT2D eigenvalue weighted by Gasteiger charge is 2.55. The van der Waals surface area contributed by atoms with Gasteiger partial charge in [0.05, 0.1) is 0 Å². The molecule has 2 nitrogen and oxygen atoms in total. The van der Waals surface area contributed by atoms with Crippen LogP contribution in [0.4, 0.5) is 0 Å². The molecule has 3 saturated carbocycles. The third-order valence-corrected chi connectivity index (χ3v) is 5.68. The first-order valence-electron chi connectivity index (χ1n) is 7.56. The van der Waals surface area contributed by atoms with Crippen LogP contribution in [0.2, 0.25) is 0 Å². The molecule has 0 spiro atoms. The normalized spacial score (nSPS) is 36.7. The van der Waals surface area contributed by atoms with Gasteiger partial charge in [0.25, 0.3) is 0 Å². The van der Waals surface area contributed by atoms with E-state index in [1.807, 2.05) is 0 Å². The maximum atomic E-state index is 6.27. The fraction of sp³-hybridized carbons (Fsp3) is 1.00. The Morgan fingerprint density at radius 3 is 2.24 bits per heavy atom. The van der Waals surface area contributed by atoms with Gasteiger partial charge in [-0.2, -0.15) is 0 Å². The maximum absolute atomic E-state index is 6.27. The SMILES string of the molecule is CC1(C)CCCC1(CN)N(CC1CC1)C1CC1. The lowest BCUT2D eigenvalue weighted by Crippen LogP contribution is -2.61. The van der Waals surface area contributed by atoms with Crippen LogP contribution in [-0.4, -0.2) is 29.6 Å². The van der Waals surface area contributed by atoms with E-state index < -0.39 is 0 Å². The molecule has 3 aliphatic carbocycles. The molecule has 2 N–H and O–H groups in total. The van der Waals surface area contributed by atoms with Crippen molar-refractivity contribution in [3.05, 3.63) is 0 Å². The average Bonchev–Trinajstić information content (AvgIpc) is 3.12. The van der Waals surface area contributed by atoms with E-state index in [0.29, 0.717) is 11.0 Å². The molecule has 1 unspecified atom stereocenters. The van der Waals surface area contributed by atoms with Gasteiger partial charge < -0.3 is 5.73 Å². The summed E-state index contributed by atoms with van der Waals surface area (Å²) in [7, 11) is 0. The van der Waals surface area contributed by atoms with Gasteiger partial charge in [-0.05, 0) is 49.9 Å². The Bertz CT molecular complexity index is 291. The minimum atomic E-state index is 0.316. The van der Waals surface area contributed by atoms with Crippen LogP contribution in [0, 0.1) is 11.3 Å². The second-order valence-electron chi connectivity index (χ2n) is 7.30. The van der Waals surface area contributed by atoms with Gasteiger partial charge in [0, 0.05) is 24.7 Å². The zero-order valence-electron chi connectivity index (χ0n) is 11.5. The Morgan fingerprint density at radius 1 is 1.12 bits per heavy atom. The molecule has 1 atom stereocenters. The van der Waals surface area contributed by atoms with Crippen molar-refractivity contribution in [2.75, 3.05) is 13.1 Å².